The molecule has 0 radical (unpaired) electrons. The second-order valence-electron chi connectivity index (χ2n) is 3.91. The van der Waals surface area contributed by atoms with Gasteiger partial charge in [0.2, 0.25) is 0 Å². The van der Waals surface area contributed by atoms with E-state index in [1.54, 1.807) is 12.1 Å². The minimum absolute atomic E-state index is 0.00662. The fraction of sp³-hybridized carbons (Fsp3) is 0.455. The lowest BCUT2D eigenvalue weighted by Gasteiger charge is -2.30. The number of aromatic nitrogens is 1. The molecule has 16 heavy (non-hydrogen) atoms. The van der Waals surface area contributed by atoms with Crippen LogP contribution in [-0.2, 0) is 0 Å². The predicted octanol–water partition coefficient (Wildman–Crippen LogP) is 1.24. The number of hydrogen-bond donors (Lipinski definition) is 1. The SMILES string of the molecule is CC1CN(C(=O)c2ccc(N)cn2)CCS1. The van der Waals surface area contributed by atoms with E-state index in [0.29, 0.717) is 16.6 Å². The van der Waals surface area contributed by atoms with Gasteiger partial charge in [-0.2, -0.15) is 11.8 Å². The average Bonchev–Trinajstić information content (AvgIpc) is 2.29. The Labute approximate surface area is 99.2 Å². The Kier molecular flexibility index (Phi) is 3.33. The van der Waals surface area contributed by atoms with Crippen molar-refractivity contribution in [2.75, 3.05) is 24.6 Å². The largest absolute Gasteiger partial charge is 0.397 e. The number of thioether (sulfide) groups is 1. The molecule has 0 aliphatic carbocycles. The van der Waals surface area contributed by atoms with Crippen molar-refractivity contribution in [2.45, 2.75) is 12.2 Å². The van der Waals surface area contributed by atoms with Crippen LogP contribution in [0.15, 0.2) is 18.3 Å². The Morgan fingerprint density at radius 3 is 3.06 bits per heavy atom. The van der Waals surface area contributed by atoms with E-state index in [-0.39, 0.29) is 5.91 Å². The highest BCUT2D eigenvalue weighted by atomic mass is 32.2. The average molecular weight is 237 g/mol. The maximum Gasteiger partial charge on any atom is 0.272 e. The van der Waals surface area contributed by atoms with Crippen LogP contribution in [-0.4, -0.2) is 39.9 Å². The van der Waals surface area contributed by atoms with Gasteiger partial charge in [-0.05, 0) is 12.1 Å². The van der Waals surface area contributed by atoms with Gasteiger partial charge in [-0.25, -0.2) is 4.98 Å². The first-order valence-electron chi connectivity index (χ1n) is 5.29. The number of nitrogens with zero attached hydrogens (tertiary/aromatic N) is 2. The third kappa shape index (κ3) is 2.47. The highest BCUT2D eigenvalue weighted by Gasteiger charge is 2.22. The van der Waals surface area contributed by atoms with Crippen LogP contribution < -0.4 is 5.73 Å². The van der Waals surface area contributed by atoms with Crippen LogP contribution in [0.2, 0.25) is 0 Å². The highest BCUT2D eigenvalue weighted by molar-refractivity contribution is 7.99. The molecule has 1 aromatic rings. The molecule has 5 heteroatoms. The Hall–Kier alpha value is -1.23. The van der Waals surface area contributed by atoms with Gasteiger partial charge >= 0.3 is 0 Å². The second-order valence-corrected chi connectivity index (χ2v) is 5.46. The van der Waals surface area contributed by atoms with Crippen molar-refractivity contribution in [3.05, 3.63) is 24.0 Å². The molecule has 1 aliphatic rings. The summed E-state index contributed by atoms with van der Waals surface area (Å²) in [5, 5.41) is 0.506. The molecule has 0 spiro atoms. The van der Waals surface area contributed by atoms with Crippen molar-refractivity contribution in [1.29, 1.82) is 0 Å². The standard InChI is InChI=1S/C11H15N3OS/c1-8-7-14(4-5-16-8)11(15)10-3-2-9(12)6-13-10/h2-3,6,8H,4-5,7,12H2,1H3. The first-order chi connectivity index (χ1) is 7.66. The van der Waals surface area contributed by atoms with Gasteiger partial charge < -0.3 is 10.6 Å². The van der Waals surface area contributed by atoms with Crippen molar-refractivity contribution in [3.63, 3.8) is 0 Å². The van der Waals surface area contributed by atoms with Gasteiger partial charge in [0.25, 0.3) is 5.91 Å². The van der Waals surface area contributed by atoms with Gasteiger partial charge in [0.15, 0.2) is 0 Å². The predicted molar refractivity (Wildman–Crippen MR) is 66.5 cm³/mol. The van der Waals surface area contributed by atoms with Gasteiger partial charge in [-0.15, -0.1) is 0 Å². The van der Waals surface area contributed by atoms with Crippen LogP contribution in [0.4, 0.5) is 5.69 Å². The van der Waals surface area contributed by atoms with Crippen LogP contribution >= 0.6 is 11.8 Å². The molecule has 4 nitrogen and oxygen atoms in total. The number of hydrogen-bond acceptors (Lipinski definition) is 4. The minimum Gasteiger partial charge on any atom is -0.397 e. The summed E-state index contributed by atoms with van der Waals surface area (Å²) in [6, 6.07) is 3.40. The fourth-order valence-corrected chi connectivity index (χ4v) is 2.71. The second kappa shape index (κ2) is 4.74. The maximum atomic E-state index is 12.1. The summed E-state index contributed by atoms with van der Waals surface area (Å²) < 4.78 is 0. The molecule has 1 atom stereocenters. The summed E-state index contributed by atoms with van der Waals surface area (Å²) in [5.41, 5.74) is 6.60. The lowest BCUT2D eigenvalue weighted by atomic mass is 10.3. The number of amides is 1. The van der Waals surface area contributed by atoms with E-state index in [4.69, 9.17) is 5.73 Å². The van der Waals surface area contributed by atoms with Crippen LogP contribution in [0.5, 0.6) is 0 Å². The Morgan fingerprint density at radius 2 is 2.44 bits per heavy atom. The molecule has 0 saturated carbocycles. The van der Waals surface area contributed by atoms with Crippen LogP contribution in [0, 0.1) is 0 Å². The smallest absolute Gasteiger partial charge is 0.272 e. The monoisotopic (exact) mass is 237 g/mol. The van der Waals surface area contributed by atoms with Crippen molar-refractivity contribution in [1.82, 2.24) is 9.88 Å². The molecule has 1 aromatic heterocycles. The van der Waals surface area contributed by atoms with Crippen molar-refractivity contribution in [3.8, 4) is 0 Å². The summed E-state index contributed by atoms with van der Waals surface area (Å²) in [5.74, 6) is 1.01. The fourth-order valence-electron chi connectivity index (χ4n) is 1.70. The van der Waals surface area contributed by atoms with Crippen LogP contribution in [0.3, 0.4) is 0 Å². The van der Waals surface area contributed by atoms with E-state index in [2.05, 4.69) is 11.9 Å². The van der Waals surface area contributed by atoms with E-state index >= 15 is 0 Å². The van der Waals surface area contributed by atoms with Crippen molar-refractivity contribution >= 4 is 23.4 Å². The number of nitrogens with two attached hydrogens (primary N) is 1. The number of rotatable bonds is 1. The number of carbonyl (C=O) groups excluding carboxylic acids is 1. The molecule has 1 saturated heterocycles. The number of anilines is 1. The number of pyridine rings is 1. The normalized spacial score (nSPS) is 20.8. The van der Waals surface area contributed by atoms with Gasteiger partial charge in [0, 0.05) is 24.1 Å². The first-order valence-corrected chi connectivity index (χ1v) is 6.34. The summed E-state index contributed by atoms with van der Waals surface area (Å²) in [6.45, 7) is 3.75. The quantitative estimate of drug-likeness (QED) is 0.798. The molecule has 2 heterocycles. The van der Waals surface area contributed by atoms with Gasteiger partial charge in [-0.3, -0.25) is 4.79 Å². The summed E-state index contributed by atoms with van der Waals surface area (Å²) in [4.78, 5) is 18.0. The molecule has 1 unspecified atom stereocenters. The zero-order valence-corrected chi connectivity index (χ0v) is 10.0. The molecule has 1 amide bonds. The van der Waals surface area contributed by atoms with Gasteiger partial charge in [0.05, 0.1) is 11.9 Å². The summed E-state index contributed by atoms with van der Waals surface area (Å²) in [7, 11) is 0. The lowest BCUT2D eigenvalue weighted by molar-refractivity contribution is 0.0757. The van der Waals surface area contributed by atoms with Crippen molar-refractivity contribution in [2.24, 2.45) is 0 Å². The molecule has 2 rings (SSSR count). The van der Waals surface area contributed by atoms with E-state index < -0.39 is 0 Å². The first kappa shape index (κ1) is 11.3. The topological polar surface area (TPSA) is 59.2 Å². The van der Waals surface area contributed by atoms with Crippen LogP contribution in [0.1, 0.15) is 17.4 Å². The number of carbonyl (C=O) groups is 1. The Balaban J connectivity index is 2.09. The molecular formula is C11H15N3OS. The zero-order valence-electron chi connectivity index (χ0n) is 9.22. The van der Waals surface area contributed by atoms with Crippen LogP contribution in [0.25, 0.3) is 0 Å². The number of nitrogen functional groups attached to an aromatic ring is 1. The molecule has 1 fully saturated rings. The zero-order chi connectivity index (χ0) is 11.5. The maximum absolute atomic E-state index is 12.1. The van der Waals surface area contributed by atoms with E-state index in [1.165, 1.54) is 6.20 Å². The van der Waals surface area contributed by atoms with E-state index in [9.17, 15) is 4.79 Å². The van der Waals surface area contributed by atoms with Gasteiger partial charge in [-0.1, -0.05) is 6.92 Å². The third-order valence-corrected chi connectivity index (χ3v) is 3.67. The minimum atomic E-state index is 0.00662. The Morgan fingerprint density at radius 1 is 1.62 bits per heavy atom. The van der Waals surface area contributed by atoms with E-state index in [0.717, 1.165) is 18.8 Å². The third-order valence-electron chi connectivity index (χ3n) is 2.53. The molecule has 2 N–H and O–H groups in total. The van der Waals surface area contributed by atoms with Gasteiger partial charge in [0.1, 0.15) is 5.69 Å². The molecule has 0 aromatic carbocycles. The molecule has 1 aliphatic heterocycles. The molecule has 86 valence electrons. The van der Waals surface area contributed by atoms with Crippen molar-refractivity contribution < 1.29 is 4.79 Å². The molecular weight excluding hydrogens is 222 g/mol. The lowest BCUT2D eigenvalue weighted by Crippen LogP contribution is -2.41. The Bertz CT molecular complexity index is 379. The summed E-state index contributed by atoms with van der Waals surface area (Å²) in [6.07, 6.45) is 1.52. The summed E-state index contributed by atoms with van der Waals surface area (Å²) >= 11 is 1.90. The van der Waals surface area contributed by atoms with E-state index in [1.807, 2.05) is 16.7 Å². The highest BCUT2D eigenvalue weighted by Crippen LogP contribution is 2.19. The molecule has 0 bridgehead atoms.